The second-order valence-electron chi connectivity index (χ2n) is 5.81. The second-order valence-corrected chi connectivity index (χ2v) is 5.81. The minimum absolute atomic E-state index is 0.276. The lowest BCUT2D eigenvalue weighted by atomic mass is 10.2. The Hall–Kier alpha value is -0.980. The zero-order valence-corrected chi connectivity index (χ0v) is 11.7. The van der Waals surface area contributed by atoms with Gasteiger partial charge in [0.2, 0.25) is 5.89 Å². The molecule has 2 fully saturated rings. The fourth-order valence-corrected chi connectivity index (χ4v) is 2.47. The molecule has 0 N–H and O–H groups in total. The second kappa shape index (κ2) is 5.56. The molecule has 1 saturated carbocycles. The molecule has 1 aromatic rings. The standard InChI is InChI=1S/C13H22N4O2/c1-16(2)7-11-8-17(5-6-18-11)9-12-14-13(19-15-12)10-3-4-10/h10-11H,3-9H2,1-2H3/t11-/m0/s1. The first-order valence-electron chi connectivity index (χ1n) is 7.02. The summed E-state index contributed by atoms with van der Waals surface area (Å²) in [7, 11) is 4.15. The van der Waals surface area contributed by atoms with Gasteiger partial charge in [0.15, 0.2) is 5.82 Å². The fourth-order valence-electron chi connectivity index (χ4n) is 2.47. The molecule has 0 amide bonds. The van der Waals surface area contributed by atoms with Crippen molar-refractivity contribution in [3.8, 4) is 0 Å². The van der Waals surface area contributed by atoms with E-state index >= 15 is 0 Å². The van der Waals surface area contributed by atoms with Crippen LogP contribution in [-0.2, 0) is 11.3 Å². The van der Waals surface area contributed by atoms with Crippen molar-refractivity contribution in [2.75, 3.05) is 40.3 Å². The van der Waals surface area contributed by atoms with E-state index in [-0.39, 0.29) is 6.10 Å². The zero-order chi connectivity index (χ0) is 13.2. The van der Waals surface area contributed by atoms with Crippen LogP contribution in [0.2, 0.25) is 0 Å². The summed E-state index contributed by atoms with van der Waals surface area (Å²) in [6.07, 6.45) is 2.67. The van der Waals surface area contributed by atoms with Crippen LogP contribution in [0.1, 0.15) is 30.5 Å². The van der Waals surface area contributed by atoms with Gasteiger partial charge in [-0.1, -0.05) is 5.16 Å². The lowest BCUT2D eigenvalue weighted by Gasteiger charge is -2.33. The van der Waals surface area contributed by atoms with E-state index < -0.39 is 0 Å². The van der Waals surface area contributed by atoms with Crippen LogP contribution in [0.3, 0.4) is 0 Å². The number of nitrogens with zero attached hydrogens (tertiary/aromatic N) is 4. The van der Waals surface area contributed by atoms with E-state index in [0.29, 0.717) is 5.92 Å². The Balaban J connectivity index is 1.53. The first-order chi connectivity index (χ1) is 9.20. The van der Waals surface area contributed by atoms with Crippen LogP contribution in [0.4, 0.5) is 0 Å². The van der Waals surface area contributed by atoms with Crippen molar-refractivity contribution in [3.05, 3.63) is 11.7 Å². The summed E-state index contributed by atoms with van der Waals surface area (Å²) in [6, 6.07) is 0. The molecule has 3 rings (SSSR count). The number of hydrogen-bond acceptors (Lipinski definition) is 6. The largest absolute Gasteiger partial charge is 0.374 e. The highest BCUT2D eigenvalue weighted by Crippen LogP contribution is 2.38. The highest BCUT2D eigenvalue weighted by Gasteiger charge is 2.30. The van der Waals surface area contributed by atoms with Crippen molar-refractivity contribution in [3.63, 3.8) is 0 Å². The van der Waals surface area contributed by atoms with Gasteiger partial charge in [0.25, 0.3) is 0 Å². The molecule has 0 aromatic carbocycles. The van der Waals surface area contributed by atoms with Crippen LogP contribution in [0.25, 0.3) is 0 Å². The molecule has 6 heteroatoms. The maximum atomic E-state index is 5.76. The fraction of sp³-hybridized carbons (Fsp3) is 0.846. The topological polar surface area (TPSA) is 54.6 Å². The Bertz CT molecular complexity index is 417. The Labute approximate surface area is 113 Å². The monoisotopic (exact) mass is 266 g/mol. The van der Waals surface area contributed by atoms with Crippen LogP contribution < -0.4 is 0 Å². The molecule has 0 spiro atoms. The van der Waals surface area contributed by atoms with Crippen molar-refractivity contribution in [1.29, 1.82) is 0 Å². The van der Waals surface area contributed by atoms with E-state index in [9.17, 15) is 0 Å². The summed E-state index contributed by atoms with van der Waals surface area (Å²) >= 11 is 0. The summed E-state index contributed by atoms with van der Waals surface area (Å²) in [5.41, 5.74) is 0. The Morgan fingerprint density at radius 3 is 2.95 bits per heavy atom. The van der Waals surface area contributed by atoms with E-state index in [0.717, 1.165) is 44.5 Å². The third-order valence-electron chi connectivity index (χ3n) is 3.57. The van der Waals surface area contributed by atoms with Crippen LogP contribution in [-0.4, -0.2) is 66.4 Å². The minimum Gasteiger partial charge on any atom is -0.374 e. The van der Waals surface area contributed by atoms with Gasteiger partial charge in [-0.05, 0) is 26.9 Å². The maximum absolute atomic E-state index is 5.76. The summed E-state index contributed by atoms with van der Waals surface area (Å²) in [6.45, 7) is 4.38. The summed E-state index contributed by atoms with van der Waals surface area (Å²) < 4.78 is 11.1. The SMILES string of the molecule is CN(C)C[C@H]1CN(Cc2noc(C3CC3)n2)CCO1. The Morgan fingerprint density at radius 1 is 1.37 bits per heavy atom. The van der Waals surface area contributed by atoms with E-state index in [1.807, 2.05) is 0 Å². The normalized spacial score (nSPS) is 25.1. The smallest absolute Gasteiger partial charge is 0.229 e. The van der Waals surface area contributed by atoms with Gasteiger partial charge in [-0.15, -0.1) is 0 Å². The van der Waals surface area contributed by atoms with E-state index in [2.05, 4.69) is 34.0 Å². The predicted molar refractivity (Wildman–Crippen MR) is 69.8 cm³/mol. The number of ether oxygens (including phenoxy) is 1. The van der Waals surface area contributed by atoms with Crippen molar-refractivity contribution in [2.45, 2.75) is 31.4 Å². The summed E-state index contributed by atoms with van der Waals surface area (Å²) in [4.78, 5) is 8.99. The Kier molecular flexibility index (Phi) is 3.81. The molecule has 2 heterocycles. The van der Waals surface area contributed by atoms with Gasteiger partial charge >= 0.3 is 0 Å². The van der Waals surface area contributed by atoms with Crippen molar-refractivity contribution < 1.29 is 9.26 Å². The average Bonchev–Trinajstić information content (AvgIpc) is 3.10. The summed E-state index contributed by atoms with van der Waals surface area (Å²) in [5, 5.41) is 4.08. The third-order valence-corrected chi connectivity index (χ3v) is 3.57. The van der Waals surface area contributed by atoms with E-state index in [1.54, 1.807) is 0 Å². The first-order valence-corrected chi connectivity index (χ1v) is 7.02. The van der Waals surface area contributed by atoms with Crippen LogP contribution in [0, 0.1) is 0 Å². The molecule has 0 radical (unpaired) electrons. The number of likely N-dealkylation sites (N-methyl/N-ethyl adjacent to an activating group) is 1. The lowest BCUT2D eigenvalue weighted by Crippen LogP contribution is -2.46. The molecule has 1 aliphatic heterocycles. The molecule has 1 aliphatic carbocycles. The average molecular weight is 266 g/mol. The predicted octanol–water partition coefficient (Wildman–Crippen LogP) is 0.709. The molecule has 1 aromatic heterocycles. The highest BCUT2D eigenvalue weighted by atomic mass is 16.5. The highest BCUT2D eigenvalue weighted by molar-refractivity contribution is 5.01. The molecule has 106 valence electrons. The van der Waals surface area contributed by atoms with Crippen LogP contribution in [0.15, 0.2) is 4.52 Å². The van der Waals surface area contributed by atoms with Gasteiger partial charge in [0.05, 0.1) is 19.3 Å². The van der Waals surface area contributed by atoms with Gasteiger partial charge in [-0.2, -0.15) is 4.98 Å². The van der Waals surface area contributed by atoms with Crippen LogP contribution in [0.5, 0.6) is 0 Å². The minimum atomic E-state index is 0.276. The number of aromatic nitrogens is 2. The number of rotatable bonds is 5. The molecule has 1 atom stereocenters. The lowest BCUT2D eigenvalue weighted by molar-refractivity contribution is -0.0414. The molecule has 2 aliphatic rings. The van der Waals surface area contributed by atoms with E-state index in [4.69, 9.17) is 9.26 Å². The number of morpholine rings is 1. The zero-order valence-electron chi connectivity index (χ0n) is 11.7. The van der Waals surface area contributed by atoms with Crippen molar-refractivity contribution >= 4 is 0 Å². The molecule has 0 bridgehead atoms. The number of hydrogen-bond donors (Lipinski definition) is 0. The van der Waals surface area contributed by atoms with Crippen molar-refractivity contribution in [2.24, 2.45) is 0 Å². The molecule has 19 heavy (non-hydrogen) atoms. The van der Waals surface area contributed by atoms with Gasteiger partial charge in [-0.3, -0.25) is 4.90 Å². The van der Waals surface area contributed by atoms with Crippen LogP contribution >= 0.6 is 0 Å². The maximum Gasteiger partial charge on any atom is 0.229 e. The van der Waals surface area contributed by atoms with Gasteiger partial charge in [-0.25, -0.2) is 0 Å². The molecular formula is C13H22N4O2. The van der Waals surface area contributed by atoms with Gasteiger partial charge in [0, 0.05) is 25.6 Å². The molecular weight excluding hydrogens is 244 g/mol. The van der Waals surface area contributed by atoms with Crippen molar-refractivity contribution in [1.82, 2.24) is 19.9 Å². The Morgan fingerprint density at radius 2 is 2.21 bits per heavy atom. The van der Waals surface area contributed by atoms with E-state index in [1.165, 1.54) is 12.8 Å². The molecule has 1 saturated heterocycles. The van der Waals surface area contributed by atoms with Gasteiger partial charge in [0.1, 0.15) is 0 Å². The molecule has 0 unspecified atom stereocenters. The quantitative estimate of drug-likeness (QED) is 0.782. The van der Waals surface area contributed by atoms with Gasteiger partial charge < -0.3 is 14.2 Å². The third kappa shape index (κ3) is 3.52. The molecule has 6 nitrogen and oxygen atoms in total. The first kappa shape index (κ1) is 13.0. The summed E-state index contributed by atoms with van der Waals surface area (Å²) in [5.74, 6) is 2.17.